The Labute approximate surface area is 187 Å². The number of carbonyl (C=O) groups excluding carboxylic acids is 2. The van der Waals surface area contributed by atoms with Gasteiger partial charge in [-0.3, -0.25) is 19.4 Å². The van der Waals surface area contributed by atoms with Crippen LogP contribution in [0.25, 0.3) is 0 Å². The summed E-state index contributed by atoms with van der Waals surface area (Å²) in [6, 6.07) is 0. The molecule has 0 atom stereocenters. The van der Waals surface area contributed by atoms with Gasteiger partial charge in [0.25, 0.3) is 0 Å². The molecular formula is C24H32N2O6. The van der Waals surface area contributed by atoms with E-state index >= 15 is 0 Å². The van der Waals surface area contributed by atoms with Crippen molar-refractivity contribution in [2.75, 3.05) is 6.54 Å². The van der Waals surface area contributed by atoms with Gasteiger partial charge in [0, 0.05) is 50.8 Å². The van der Waals surface area contributed by atoms with E-state index in [0.29, 0.717) is 79.8 Å². The molecule has 2 N–H and O–H groups in total. The minimum absolute atomic E-state index is 0.0125. The van der Waals surface area contributed by atoms with Crippen molar-refractivity contribution in [2.45, 2.75) is 84.5 Å². The minimum Gasteiger partial charge on any atom is -0.511 e. The number of carbonyl (C=O) groups is 3. The topological polar surface area (TPSA) is 130 Å². The molecule has 8 nitrogen and oxygen atoms in total. The first-order chi connectivity index (χ1) is 15.2. The molecule has 1 saturated carbocycles. The normalized spacial score (nSPS) is 21.0. The lowest BCUT2D eigenvalue weighted by Gasteiger charge is -2.26. The number of unbranched alkanes of at least 4 members (excludes halogenated alkanes) is 2. The number of carboxylic acids is 1. The summed E-state index contributed by atoms with van der Waals surface area (Å²) >= 11 is 0. The molecule has 2 aliphatic rings. The second-order valence-electron chi connectivity index (χ2n) is 9.50. The van der Waals surface area contributed by atoms with Crippen LogP contribution in [0.3, 0.4) is 0 Å². The fourth-order valence-electron chi connectivity index (χ4n) is 4.44. The lowest BCUT2D eigenvalue weighted by atomic mass is 9.76. The Morgan fingerprint density at radius 3 is 2.59 bits per heavy atom. The number of aliphatic hydroxyl groups excluding tert-OH is 1. The van der Waals surface area contributed by atoms with Gasteiger partial charge in [-0.25, -0.2) is 0 Å². The highest BCUT2D eigenvalue weighted by atomic mass is 16.5. The molecule has 32 heavy (non-hydrogen) atoms. The summed E-state index contributed by atoms with van der Waals surface area (Å²) in [5.41, 5.74) is 1.84. The van der Waals surface area contributed by atoms with Crippen LogP contribution in [0.4, 0.5) is 0 Å². The lowest BCUT2D eigenvalue weighted by molar-refractivity contribution is -0.137. The van der Waals surface area contributed by atoms with E-state index < -0.39 is 5.97 Å². The average molecular weight is 445 g/mol. The first kappa shape index (κ1) is 23.9. The second kappa shape index (κ2) is 10.2. The fourth-order valence-corrected chi connectivity index (χ4v) is 4.44. The molecule has 8 heteroatoms. The van der Waals surface area contributed by atoms with Crippen LogP contribution in [-0.2, 0) is 22.4 Å². The van der Waals surface area contributed by atoms with Crippen LogP contribution in [-0.4, -0.2) is 45.2 Å². The van der Waals surface area contributed by atoms with Crippen LogP contribution < -0.4 is 0 Å². The molecule has 0 amide bonds. The van der Waals surface area contributed by atoms with Crippen LogP contribution >= 0.6 is 0 Å². The number of hydrogen-bond donors (Lipinski definition) is 2. The SMILES string of the molecule is CC1(C)CC(=O)c2c(CC/C(O)=C3/C(=O)CCCC3=NCCCCCC(=O)O)noc2C1. The Morgan fingerprint density at radius 1 is 1.06 bits per heavy atom. The number of nitrogens with zero attached hydrogens (tertiary/aromatic N) is 2. The number of hydrogen-bond acceptors (Lipinski definition) is 7. The molecule has 1 aromatic rings. The molecule has 0 saturated heterocycles. The number of allylic oxidation sites excluding steroid dienone is 2. The molecule has 0 aliphatic heterocycles. The quantitative estimate of drug-likeness (QED) is 0.328. The van der Waals surface area contributed by atoms with Gasteiger partial charge in [0.2, 0.25) is 0 Å². The summed E-state index contributed by atoms with van der Waals surface area (Å²) in [5, 5.41) is 23.5. The van der Waals surface area contributed by atoms with Crippen molar-refractivity contribution in [3.8, 4) is 0 Å². The summed E-state index contributed by atoms with van der Waals surface area (Å²) in [7, 11) is 0. The van der Waals surface area contributed by atoms with Crippen molar-refractivity contribution in [3.05, 3.63) is 28.3 Å². The monoisotopic (exact) mass is 444 g/mol. The summed E-state index contributed by atoms with van der Waals surface area (Å²) in [4.78, 5) is 40.2. The van der Waals surface area contributed by atoms with Crippen molar-refractivity contribution in [1.82, 2.24) is 5.16 Å². The second-order valence-corrected chi connectivity index (χ2v) is 9.50. The smallest absolute Gasteiger partial charge is 0.303 e. The summed E-state index contributed by atoms with van der Waals surface area (Å²) in [6.45, 7) is 4.54. The van der Waals surface area contributed by atoms with Crippen LogP contribution in [0.2, 0.25) is 0 Å². The van der Waals surface area contributed by atoms with Gasteiger partial charge in [-0.2, -0.15) is 0 Å². The molecule has 3 rings (SSSR count). The van der Waals surface area contributed by atoms with E-state index in [0.717, 1.165) is 12.8 Å². The third-order valence-corrected chi connectivity index (χ3v) is 6.01. The Morgan fingerprint density at radius 2 is 1.84 bits per heavy atom. The van der Waals surface area contributed by atoms with Gasteiger partial charge in [0.1, 0.15) is 11.5 Å². The van der Waals surface area contributed by atoms with Gasteiger partial charge in [0.05, 0.1) is 16.8 Å². The van der Waals surface area contributed by atoms with Crippen molar-refractivity contribution in [2.24, 2.45) is 10.4 Å². The van der Waals surface area contributed by atoms with E-state index in [4.69, 9.17) is 9.63 Å². The first-order valence-corrected chi connectivity index (χ1v) is 11.4. The molecular weight excluding hydrogens is 412 g/mol. The number of aryl methyl sites for hydroxylation is 1. The van der Waals surface area contributed by atoms with Gasteiger partial charge >= 0.3 is 5.97 Å². The van der Waals surface area contributed by atoms with Crippen molar-refractivity contribution in [3.63, 3.8) is 0 Å². The highest BCUT2D eigenvalue weighted by molar-refractivity contribution is 6.24. The molecule has 0 aromatic carbocycles. The number of fused-ring (bicyclic) bond motifs is 1. The lowest BCUT2D eigenvalue weighted by Crippen LogP contribution is -2.26. The molecule has 174 valence electrons. The van der Waals surface area contributed by atoms with Crippen LogP contribution in [0, 0.1) is 5.41 Å². The largest absolute Gasteiger partial charge is 0.511 e. The summed E-state index contributed by atoms with van der Waals surface area (Å²) in [6.07, 6.45) is 5.54. The van der Waals surface area contributed by atoms with Crippen LogP contribution in [0.1, 0.15) is 93.4 Å². The minimum atomic E-state index is -0.803. The van der Waals surface area contributed by atoms with Crippen molar-refractivity contribution >= 4 is 23.2 Å². The maximum atomic E-state index is 12.6. The molecule has 2 aliphatic carbocycles. The fraction of sp³-hybridized carbons (Fsp3) is 0.625. The summed E-state index contributed by atoms with van der Waals surface area (Å²) in [5.74, 6) is -0.313. The molecule has 1 heterocycles. The van der Waals surface area contributed by atoms with Gasteiger partial charge < -0.3 is 14.7 Å². The first-order valence-electron chi connectivity index (χ1n) is 11.4. The van der Waals surface area contributed by atoms with Gasteiger partial charge in [-0.15, -0.1) is 0 Å². The predicted molar refractivity (Wildman–Crippen MR) is 118 cm³/mol. The number of aliphatic hydroxyl groups is 1. The van der Waals surface area contributed by atoms with E-state index in [2.05, 4.69) is 10.1 Å². The van der Waals surface area contributed by atoms with E-state index in [9.17, 15) is 19.5 Å². The number of rotatable bonds is 9. The number of carboxylic acid groups (broad SMARTS) is 1. The van der Waals surface area contributed by atoms with Crippen molar-refractivity contribution < 1.29 is 29.1 Å². The maximum absolute atomic E-state index is 12.6. The highest BCUT2D eigenvalue weighted by Crippen LogP contribution is 2.36. The number of aliphatic carboxylic acids is 1. The number of ketones is 2. The standard InChI is InChI=1S/C24H32N2O6/c1-24(2)13-19(29)23-16(26-32-20(23)14-24)10-11-18(28)22-15(7-6-8-17(22)27)25-12-5-3-4-9-21(30)31/h28H,3-14H2,1-2H3,(H,30,31)/b22-18-,25-15?. The molecule has 0 spiro atoms. The van der Waals surface area contributed by atoms with E-state index in [1.54, 1.807) is 0 Å². The molecule has 0 bridgehead atoms. The number of aliphatic imine (C=N–C) groups is 1. The predicted octanol–water partition coefficient (Wildman–Crippen LogP) is 4.41. The van der Waals surface area contributed by atoms with E-state index in [1.165, 1.54) is 0 Å². The van der Waals surface area contributed by atoms with E-state index in [-0.39, 0.29) is 35.6 Å². The van der Waals surface area contributed by atoms with E-state index in [1.807, 2.05) is 13.8 Å². The zero-order chi connectivity index (χ0) is 23.3. The Bertz CT molecular complexity index is 954. The highest BCUT2D eigenvalue weighted by Gasteiger charge is 2.36. The number of aromatic nitrogens is 1. The third-order valence-electron chi connectivity index (χ3n) is 6.01. The Balaban J connectivity index is 1.67. The zero-order valence-electron chi connectivity index (χ0n) is 18.9. The van der Waals surface area contributed by atoms with Crippen LogP contribution in [0.5, 0.6) is 0 Å². The Kier molecular flexibility index (Phi) is 7.64. The van der Waals surface area contributed by atoms with Crippen LogP contribution in [0.15, 0.2) is 20.8 Å². The molecule has 0 radical (unpaired) electrons. The number of Topliss-reactive ketones (excluding diaryl/α,β-unsaturated/α-hetero) is 2. The molecule has 1 fully saturated rings. The van der Waals surface area contributed by atoms with Crippen molar-refractivity contribution in [1.29, 1.82) is 0 Å². The van der Waals surface area contributed by atoms with Gasteiger partial charge in [-0.05, 0) is 31.1 Å². The van der Waals surface area contributed by atoms with Gasteiger partial charge in [-0.1, -0.05) is 25.4 Å². The third kappa shape index (κ3) is 5.93. The molecule has 0 unspecified atom stereocenters. The average Bonchev–Trinajstić information content (AvgIpc) is 3.10. The Hall–Kier alpha value is -2.77. The zero-order valence-corrected chi connectivity index (χ0v) is 18.9. The summed E-state index contributed by atoms with van der Waals surface area (Å²) < 4.78 is 5.42. The molecule has 1 aromatic heterocycles. The van der Waals surface area contributed by atoms with Gasteiger partial charge in [0.15, 0.2) is 11.6 Å². The maximum Gasteiger partial charge on any atom is 0.303 e.